The predicted molar refractivity (Wildman–Crippen MR) is 97.9 cm³/mol. The SMILES string of the molecule is CSc1ccc(OC(C)C(=O)NCCN2CCNCC2)cc1.Cl. The minimum atomic E-state index is -0.483. The van der Waals surface area contributed by atoms with E-state index in [1.165, 1.54) is 4.90 Å². The Balaban J connectivity index is 0.00000264. The molecule has 0 bridgehead atoms. The molecule has 1 aromatic carbocycles. The summed E-state index contributed by atoms with van der Waals surface area (Å²) >= 11 is 1.68. The molecular weight excluding hydrogens is 334 g/mol. The van der Waals surface area contributed by atoms with Crippen LogP contribution in [0.5, 0.6) is 5.75 Å². The third-order valence-electron chi connectivity index (χ3n) is 3.68. The number of carbonyl (C=O) groups excluding carboxylic acids is 1. The summed E-state index contributed by atoms with van der Waals surface area (Å²) in [6.07, 6.45) is 1.55. The molecule has 0 spiro atoms. The highest BCUT2D eigenvalue weighted by molar-refractivity contribution is 7.98. The summed E-state index contributed by atoms with van der Waals surface area (Å²) < 4.78 is 5.67. The van der Waals surface area contributed by atoms with Crippen LogP contribution < -0.4 is 15.4 Å². The molecule has 2 rings (SSSR count). The lowest BCUT2D eigenvalue weighted by molar-refractivity contribution is -0.127. The van der Waals surface area contributed by atoms with Gasteiger partial charge in [-0.25, -0.2) is 0 Å². The maximum atomic E-state index is 12.0. The molecule has 23 heavy (non-hydrogen) atoms. The molecule has 130 valence electrons. The van der Waals surface area contributed by atoms with Gasteiger partial charge in [0, 0.05) is 44.2 Å². The Labute approximate surface area is 148 Å². The molecule has 1 unspecified atom stereocenters. The Morgan fingerprint density at radius 3 is 2.61 bits per heavy atom. The molecule has 1 aromatic rings. The third-order valence-corrected chi connectivity index (χ3v) is 4.42. The molecule has 0 radical (unpaired) electrons. The number of nitrogens with one attached hydrogen (secondary N) is 2. The van der Waals surface area contributed by atoms with E-state index in [9.17, 15) is 4.79 Å². The zero-order chi connectivity index (χ0) is 15.8. The van der Waals surface area contributed by atoms with Crippen molar-refractivity contribution in [2.45, 2.75) is 17.9 Å². The van der Waals surface area contributed by atoms with Crippen LogP contribution in [-0.2, 0) is 4.79 Å². The Bertz CT molecular complexity index is 467. The number of halogens is 1. The molecule has 1 saturated heterocycles. The zero-order valence-electron chi connectivity index (χ0n) is 13.7. The van der Waals surface area contributed by atoms with E-state index in [1.807, 2.05) is 30.5 Å². The molecule has 1 atom stereocenters. The summed E-state index contributed by atoms with van der Waals surface area (Å²) in [6.45, 7) is 7.48. The van der Waals surface area contributed by atoms with Crippen molar-refractivity contribution in [2.75, 3.05) is 45.5 Å². The summed E-state index contributed by atoms with van der Waals surface area (Å²) in [5.74, 6) is 0.659. The second-order valence-corrected chi connectivity index (χ2v) is 6.20. The highest BCUT2D eigenvalue weighted by Gasteiger charge is 2.15. The molecule has 1 aliphatic heterocycles. The molecule has 7 heteroatoms. The number of thioether (sulfide) groups is 1. The number of hydrogen-bond donors (Lipinski definition) is 2. The van der Waals surface area contributed by atoms with E-state index < -0.39 is 6.10 Å². The fraction of sp³-hybridized carbons (Fsp3) is 0.562. The van der Waals surface area contributed by atoms with Gasteiger partial charge in [0.15, 0.2) is 6.10 Å². The van der Waals surface area contributed by atoms with Crippen LogP contribution in [0.15, 0.2) is 29.2 Å². The van der Waals surface area contributed by atoms with Gasteiger partial charge in [-0.3, -0.25) is 9.69 Å². The van der Waals surface area contributed by atoms with Crippen LogP contribution in [0.2, 0.25) is 0 Å². The molecule has 2 N–H and O–H groups in total. The van der Waals surface area contributed by atoms with Gasteiger partial charge in [-0.05, 0) is 37.4 Å². The van der Waals surface area contributed by atoms with Crippen molar-refractivity contribution in [3.63, 3.8) is 0 Å². The molecule has 0 saturated carbocycles. The Morgan fingerprint density at radius 2 is 2.00 bits per heavy atom. The standard InChI is InChI=1S/C16H25N3O2S.ClH/c1-13(21-14-3-5-15(22-2)6-4-14)16(20)18-9-12-19-10-7-17-8-11-19;/h3-6,13,17H,7-12H2,1-2H3,(H,18,20);1H. The first-order chi connectivity index (χ1) is 10.7. The van der Waals surface area contributed by atoms with Crippen LogP contribution in [0.25, 0.3) is 0 Å². The molecule has 5 nitrogen and oxygen atoms in total. The monoisotopic (exact) mass is 359 g/mol. The third kappa shape index (κ3) is 6.99. The Morgan fingerprint density at radius 1 is 1.35 bits per heavy atom. The summed E-state index contributed by atoms with van der Waals surface area (Å²) in [4.78, 5) is 15.6. The summed E-state index contributed by atoms with van der Waals surface area (Å²) in [6, 6.07) is 7.79. The molecular formula is C16H26ClN3O2S. The number of piperazine rings is 1. The van der Waals surface area contributed by atoms with Gasteiger partial charge in [0.2, 0.25) is 0 Å². The highest BCUT2D eigenvalue weighted by Crippen LogP contribution is 2.19. The van der Waals surface area contributed by atoms with E-state index in [-0.39, 0.29) is 18.3 Å². The highest BCUT2D eigenvalue weighted by atomic mass is 35.5. The molecule has 1 fully saturated rings. The quantitative estimate of drug-likeness (QED) is 0.724. The van der Waals surface area contributed by atoms with Crippen LogP contribution in [0.3, 0.4) is 0 Å². The lowest BCUT2D eigenvalue weighted by Crippen LogP contribution is -2.47. The van der Waals surface area contributed by atoms with Crippen molar-refractivity contribution in [3.8, 4) is 5.75 Å². The smallest absolute Gasteiger partial charge is 0.260 e. The van der Waals surface area contributed by atoms with Crippen molar-refractivity contribution in [2.24, 2.45) is 0 Å². The fourth-order valence-corrected chi connectivity index (χ4v) is 2.74. The van der Waals surface area contributed by atoms with Crippen molar-refractivity contribution in [3.05, 3.63) is 24.3 Å². The van der Waals surface area contributed by atoms with Gasteiger partial charge in [-0.15, -0.1) is 24.2 Å². The van der Waals surface area contributed by atoms with Crippen LogP contribution >= 0.6 is 24.2 Å². The maximum absolute atomic E-state index is 12.0. The number of nitrogens with zero attached hydrogens (tertiary/aromatic N) is 1. The van der Waals surface area contributed by atoms with Gasteiger partial charge >= 0.3 is 0 Å². The number of rotatable bonds is 7. The van der Waals surface area contributed by atoms with Gasteiger partial charge < -0.3 is 15.4 Å². The van der Waals surface area contributed by atoms with Crippen molar-refractivity contribution in [1.82, 2.24) is 15.5 Å². The molecule has 1 amide bonds. The normalized spacial score (nSPS) is 16.3. The van der Waals surface area contributed by atoms with E-state index in [2.05, 4.69) is 15.5 Å². The second-order valence-electron chi connectivity index (χ2n) is 5.32. The molecule has 1 heterocycles. The van der Waals surface area contributed by atoms with Crippen molar-refractivity contribution in [1.29, 1.82) is 0 Å². The minimum Gasteiger partial charge on any atom is -0.481 e. The maximum Gasteiger partial charge on any atom is 0.260 e. The average Bonchev–Trinajstić information content (AvgIpc) is 2.56. The Kier molecular flexibility index (Phi) is 9.40. The van der Waals surface area contributed by atoms with E-state index in [1.54, 1.807) is 18.7 Å². The summed E-state index contributed by atoms with van der Waals surface area (Å²) in [5.41, 5.74) is 0. The van der Waals surface area contributed by atoms with Crippen LogP contribution in [0, 0.1) is 0 Å². The van der Waals surface area contributed by atoms with Crippen molar-refractivity contribution >= 4 is 30.1 Å². The van der Waals surface area contributed by atoms with Crippen LogP contribution in [0.4, 0.5) is 0 Å². The van der Waals surface area contributed by atoms with Gasteiger partial charge in [0.25, 0.3) is 5.91 Å². The van der Waals surface area contributed by atoms with E-state index in [4.69, 9.17) is 4.74 Å². The molecule has 1 aliphatic rings. The van der Waals surface area contributed by atoms with Gasteiger partial charge in [0.1, 0.15) is 5.75 Å². The average molecular weight is 360 g/mol. The molecule has 0 aliphatic carbocycles. The van der Waals surface area contributed by atoms with E-state index in [0.717, 1.165) is 38.5 Å². The number of carbonyl (C=O) groups is 1. The van der Waals surface area contributed by atoms with E-state index in [0.29, 0.717) is 6.54 Å². The van der Waals surface area contributed by atoms with E-state index >= 15 is 0 Å². The lowest BCUT2D eigenvalue weighted by Gasteiger charge is -2.27. The van der Waals surface area contributed by atoms with Crippen LogP contribution in [-0.4, -0.2) is 62.4 Å². The number of amides is 1. The van der Waals surface area contributed by atoms with Gasteiger partial charge in [-0.1, -0.05) is 0 Å². The number of hydrogen-bond acceptors (Lipinski definition) is 5. The predicted octanol–water partition coefficient (Wildman–Crippen LogP) is 1.62. The van der Waals surface area contributed by atoms with Crippen LogP contribution in [0.1, 0.15) is 6.92 Å². The first-order valence-electron chi connectivity index (χ1n) is 7.70. The largest absolute Gasteiger partial charge is 0.481 e. The van der Waals surface area contributed by atoms with Gasteiger partial charge in [0.05, 0.1) is 0 Å². The Hall–Kier alpha value is -0.950. The fourth-order valence-electron chi connectivity index (χ4n) is 2.33. The number of benzene rings is 1. The first kappa shape index (κ1) is 20.1. The summed E-state index contributed by atoms with van der Waals surface area (Å²) in [5, 5.41) is 6.26. The topological polar surface area (TPSA) is 53.6 Å². The minimum absolute atomic E-state index is 0. The first-order valence-corrected chi connectivity index (χ1v) is 8.93. The summed E-state index contributed by atoms with van der Waals surface area (Å²) in [7, 11) is 0. The lowest BCUT2D eigenvalue weighted by atomic mass is 10.3. The van der Waals surface area contributed by atoms with Crippen molar-refractivity contribution < 1.29 is 9.53 Å². The van der Waals surface area contributed by atoms with Gasteiger partial charge in [-0.2, -0.15) is 0 Å². The second kappa shape index (κ2) is 10.8. The number of ether oxygens (including phenoxy) is 1. The zero-order valence-corrected chi connectivity index (χ0v) is 15.3. The molecule has 0 aromatic heterocycles.